The van der Waals surface area contributed by atoms with Crippen molar-refractivity contribution in [1.82, 2.24) is 10.6 Å². The molecule has 2 N–H and O–H groups in total. The highest BCUT2D eigenvalue weighted by Gasteiger charge is 2.10. The molecule has 0 aliphatic heterocycles. The van der Waals surface area contributed by atoms with Gasteiger partial charge in [-0.05, 0) is 38.5 Å². The zero-order valence-electron chi connectivity index (χ0n) is 12.0. The maximum Gasteiger partial charge on any atom is 0.157 e. The van der Waals surface area contributed by atoms with Gasteiger partial charge in [-0.2, -0.15) is 0 Å². The molecular formula is C16H24N2O2. The summed E-state index contributed by atoms with van der Waals surface area (Å²) in [5.74, 6) is 0.489. The van der Waals surface area contributed by atoms with Gasteiger partial charge < -0.3 is 10.6 Å². The van der Waals surface area contributed by atoms with Crippen LogP contribution in [0.4, 0.5) is 0 Å². The fraction of sp³-hybridized carbons (Fsp3) is 0.625. The monoisotopic (exact) mass is 276 g/mol. The topological polar surface area (TPSA) is 58.2 Å². The largest absolute Gasteiger partial charge is 0.388 e. The third-order valence-corrected chi connectivity index (χ3v) is 3.72. The molecule has 0 aromatic carbocycles. The van der Waals surface area contributed by atoms with E-state index in [9.17, 15) is 9.59 Å². The van der Waals surface area contributed by atoms with Crippen LogP contribution in [0, 0.1) is 0 Å². The van der Waals surface area contributed by atoms with Gasteiger partial charge in [-0.3, -0.25) is 9.59 Å². The number of ketones is 2. The highest BCUT2D eigenvalue weighted by molar-refractivity contribution is 5.91. The van der Waals surface area contributed by atoms with E-state index in [0.29, 0.717) is 12.8 Å². The molecule has 2 rings (SSSR count). The molecule has 0 fully saturated rings. The Labute approximate surface area is 120 Å². The van der Waals surface area contributed by atoms with Crippen molar-refractivity contribution in [3.05, 3.63) is 23.5 Å². The Bertz CT molecular complexity index is 384. The van der Waals surface area contributed by atoms with Crippen molar-refractivity contribution in [2.75, 3.05) is 13.1 Å². The molecule has 2 aliphatic rings. The molecule has 0 radical (unpaired) electrons. The van der Waals surface area contributed by atoms with Crippen LogP contribution in [0.3, 0.4) is 0 Å². The summed E-state index contributed by atoms with van der Waals surface area (Å²) in [5, 5.41) is 6.68. The van der Waals surface area contributed by atoms with Crippen LogP contribution in [-0.2, 0) is 9.59 Å². The molecule has 2 aliphatic carbocycles. The maximum atomic E-state index is 11.3. The van der Waals surface area contributed by atoms with Crippen molar-refractivity contribution < 1.29 is 9.59 Å². The minimum Gasteiger partial charge on any atom is -0.388 e. The van der Waals surface area contributed by atoms with Crippen molar-refractivity contribution >= 4 is 11.6 Å². The van der Waals surface area contributed by atoms with Crippen LogP contribution < -0.4 is 10.6 Å². The molecule has 0 aromatic heterocycles. The van der Waals surface area contributed by atoms with Gasteiger partial charge in [0.2, 0.25) is 0 Å². The highest BCUT2D eigenvalue weighted by atomic mass is 16.1. The molecule has 4 nitrogen and oxygen atoms in total. The molecule has 0 heterocycles. The molecule has 4 heteroatoms. The third-order valence-electron chi connectivity index (χ3n) is 3.72. The molecule has 0 saturated carbocycles. The molecule has 0 saturated heterocycles. The quantitative estimate of drug-likeness (QED) is 0.700. The molecule has 20 heavy (non-hydrogen) atoms. The number of carbonyl (C=O) groups excluding carboxylic acids is 2. The summed E-state index contributed by atoms with van der Waals surface area (Å²) < 4.78 is 0. The second kappa shape index (κ2) is 7.88. The normalized spacial score (nSPS) is 19.4. The summed E-state index contributed by atoms with van der Waals surface area (Å²) in [6, 6.07) is 0. The molecular weight excluding hydrogens is 252 g/mol. The van der Waals surface area contributed by atoms with Crippen LogP contribution >= 0.6 is 0 Å². The summed E-state index contributed by atoms with van der Waals surface area (Å²) in [4.78, 5) is 22.5. The molecule has 0 bridgehead atoms. The lowest BCUT2D eigenvalue weighted by atomic mass is 10.0. The van der Waals surface area contributed by atoms with Gasteiger partial charge in [0, 0.05) is 49.5 Å². The van der Waals surface area contributed by atoms with Crippen molar-refractivity contribution in [3.63, 3.8) is 0 Å². The molecule has 0 amide bonds. The van der Waals surface area contributed by atoms with E-state index in [2.05, 4.69) is 10.6 Å². The molecule has 0 spiro atoms. The van der Waals surface area contributed by atoms with Gasteiger partial charge in [-0.25, -0.2) is 0 Å². The van der Waals surface area contributed by atoms with Crippen molar-refractivity contribution in [1.29, 1.82) is 0 Å². The zero-order valence-corrected chi connectivity index (χ0v) is 12.0. The van der Waals surface area contributed by atoms with Gasteiger partial charge in [-0.1, -0.05) is 0 Å². The lowest BCUT2D eigenvalue weighted by Gasteiger charge is -2.16. The maximum absolute atomic E-state index is 11.3. The molecule has 110 valence electrons. The Morgan fingerprint density at radius 3 is 1.60 bits per heavy atom. The number of hydrogen-bond donors (Lipinski definition) is 2. The highest BCUT2D eigenvalue weighted by Crippen LogP contribution is 2.13. The molecule has 0 aromatic rings. The summed E-state index contributed by atoms with van der Waals surface area (Å²) >= 11 is 0. The van der Waals surface area contributed by atoms with E-state index in [1.54, 1.807) is 12.2 Å². The molecule has 0 unspecified atom stereocenters. The van der Waals surface area contributed by atoms with Crippen molar-refractivity contribution in [3.8, 4) is 0 Å². The summed E-state index contributed by atoms with van der Waals surface area (Å²) in [6.07, 6.45) is 11.0. The van der Waals surface area contributed by atoms with E-state index >= 15 is 0 Å². The van der Waals surface area contributed by atoms with Crippen LogP contribution in [-0.4, -0.2) is 24.7 Å². The lowest BCUT2D eigenvalue weighted by Crippen LogP contribution is -2.22. The van der Waals surface area contributed by atoms with E-state index in [4.69, 9.17) is 0 Å². The van der Waals surface area contributed by atoms with Gasteiger partial charge >= 0.3 is 0 Å². The lowest BCUT2D eigenvalue weighted by molar-refractivity contribution is -0.115. The average Bonchev–Trinajstić information content (AvgIpc) is 2.43. The first-order chi connectivity index (χ1) is 9.74. The fourth-order valence-electron chi connectivity index (χ4n) is 2.61. The van der Waals surface area contributed by atoms with E-state index in [1.807, 2.05) is 0 Å². The van der Waals surface area contributed by atoms with Crippen LogP contribution in [0.5, 0.6) is 0 Å². The Morgan fingerprint density at radius 2 is 1.20 bits per heavy atom. The summed E-state index contributed by atoms with van der Waals surface area (Å²) in [6.45, 7) is 1.83. The molecule has 0 atom stereocenters. The van der Waals surface area contributed by atoms with E-state index < -0.39 is 0 Å². The third kappa shape index (κ3) is 5.19. The first-order valence-electron chi connectivity index (χ1n) is 7.68. The summed E-state index contributed by atoms with van der Waals surface area (Å²) in [7, 11) is 0. The number of hydrogen-bond acceptors (Lipinski definition) is 4. The van der Waals surface area contributed by atoms with Gasteiger partial charge in [0.25, 0.3) is 0 Å². The Balaban J connectivity index is 1.54. The minimum atomic E-state index is 0.245. The smallest absolute Gasteiger partial charge is 0.157 e. The van der Waals surface area contributed by atoms with Gasteiger partial charge in [-0.15, -0.1) is 0 Å². The zero-order chi connectivity index (χ0) is 14.2. The van der Waals surface area contributed by atoms with E-state index in [0.717, 1.165) is 63.0 Å². The number of allylic oxidation sites excluding steroid dienone is 4. The SMILES string of the molecule is O=C1C=C(NCCCCNC2=CC(=O)CCC2)CCC1. The number of nitrogens with one attached hydrogen (secondary N) is 2. The fourth-order valence-corrected chi connectivity index (χ4v) is 2.61. The van der Waals surface area contributed by atoms with Crippen LogP contribution in [0.25, 0.3) is 0 Å². The Hall–Kier alpha value is -1.58. The average molecular weight is 276 g/mol. The number of carbonyl (C=O) groups is 2. The van der Waals surface area contributed by atoms with Crippen LogP contribution in [0.1, 0.15) is 51.4 Å². The van der Waals surface area contributed by atoms with E-state index in [1.165, 1.54) is 0 Å². The first kappa shape index (κ1) is 14.8. The van der Waals surface area contributed by atoms with Gasteiger partial charge in [0.1, 0.15) is 0 Å². The number of unbranched alkanes of at least 4 members (excludes halogenated alkanes) is 1. The Kier molecular flexibility index (Phi) is 5.84. The van der Waals surface area contributed by atoms with Gasteiger partial charge in [0.05, 0.1) is 0 Å². The first-order valence-corrected chi connectivity index (χ1v) is 7.68. The van der Waals surface area contributed by atoms with Crippen LogP contribution in [0.2, 0.25) is 0 Å². The van der Waals surface area contributed by atoms with Gasteiger partial charge in [0.15, 0.2) is 11.6 Å². The minimum absolute atomic E-state index is 0.245. The van der Waals surface area contributed by atoms with E-state index in [-0.39, 0.29) is 11.6 Å². The van der Waals surface area contributed by atoms with Crippen LogP contribution in [0.15, 0.2) is 23.5 Å². The predicted octanol–water partition coefficient (Wildman–Crippen LogP) is 2.22. The summed E-state index contributed by atoms with van der Waals surface area (Å²) in [5.41, 5.74) is 2.18. The predicted molar refractivity (Wildman–Crippen MR) is 79.1 cm³/mol. The van der Waals surface area contributed by atoms with Crippen molar-refractivity contribution in [2.45, 2.75) is 51.4 Å². The number of rotatable bonds is 7. The Morgan fingerprint density at radius 1 is 0.750 bits per heavy atom. The second-order valence-electron chi connectivity index (χ2n) is 5.54. The second-order valence-corrected chi connectivity index (χ2v) is 5.54. The van der Waals surface area contributed by atoms with Crippen molar-refractivity contribution in [2.24, 2.45) is 0 Å². The standard InChI is InChI=1S/C16H24N2O2/c19-15-7-3-5-13(11-15)17-9-1-2-10-18-14-6-4-8-16(20)12-14/h11-12,17-18H,1-10H2.